The van der Waals surface area contributed by atoms with Gasteiger partial charge in [0.05, 0.1) is 12.1 Å². The average molecular weight is 252 g/mol. The van der Waals surface area contributed by atoms with E-state index in [9.17, 15) is 4.79 Å². The van der Waals surface area contributed by atoms with Crippen molar-refractivity contribution in [3.8, 4) is 0 Å². The van der Waals surface area contributed by atoms with Crippen molar-refractivity contribution in [2.24, 2.45) is 11.7 Å². The number of nitrogens with zero attached hydrogens (tertiary/aromatic N) is 2. The van der Waals surface area contributed by atoms with Crippen LogP contribution in [0.25, 0.3) is 0 Å². The zero-order chi connectivity index (χ0) is 13.4. The van der Waals surface area contributed by atoms with E-state index in [2.05, 4.69) is 17.3 Å². The maximum absolute atomic E-state index is 11.9. The number of carbonyl (C=O) groups is 1. The van der Waals surface area contributed by atoms with Gasteiger partial charge in [-0.3, -0.25) is 9.48 Å². The molecule has 0 aromatic carbocycles. The van der Waals surface area contributed by atoms with Crippen LogP contribution in [0.5, 0.6) is 0 Å². The molecular formula is C13H24N4O. The van der Waals surface area contributed by atoms with Gasteiger partial charge in [0.1, 0.15) is 0 Å². The molecule has 1 heterocycles. The Bertz CT molecular complexity index is 362. The fourth-order valence-electron chi connectivity index (χ4n) is 1.82. The number of nitrogens with two attached hydrogens (primary N) is 1. The SMILES string of the molecule is CCCNC(=O)C(CN)Cc1cnn(CCC)c1. The fraction of sp³-hybridized carbons (Fsp3) is 0.692. The van der Waals surface area contributed by atoms with Crippen molar-refractivity contribution in [1.82, 2.24) is 15.1 Å². The monoisotopic (exact) mass is 252 g/mol. The molecule has 102 valence electrons. The van der Waals surface area contributed by atoms with E-state index in [-0.39, 0.29) is 11.8 Å². The van der Waals surface area contributed by atoms with Crippen LogP contribution in [0.4, 0.5) is 0 Å². The molecule has 1 aromatic heterocycles. The van der Waals surface area contributed by atoms with Crippen LogP contribution < -0.4 is 11.1 Å². The number of aryl methyl sites for hydroxylation is 1. The summed E-state index contributed by atoms with van der Waals surface area (Å²) in [6.07, 6.45) is 6.48. The Hall–Kier alpha value is -1.36. The lowest BCUT2D eigenvalue weighted by atomic mass is 10.0. The molecule has 0 aliphatic heterocycles. The first-order chi connectivity index (χ1) is 8.71. The lowest BCUT2D eigenvalue weighted by Gasteiger charge is -2.13. The molecule has 5 heteroatoms. The van der Waals surface area contributed by atoms with Gasteiger partial charge in [-0.1, -0.05) is 13.8 Å². The smallest absolute Gasteiger partial charge is 0.224 e. The molecule has 0 saturated heterocycles. The predicted octanol–water partition coefficient (Wildman–Crippen LogP) is 0.937. The Kier molecular flexibility index (Phi) is 6.43. The van der Waals surface area contributed by atoms with Crippen LogP contribution in [0.15, 0.2) is 12.4 Å². The average Bonchev–Trinajstić information content (AvgIpc) is 2.81. The molecule has 0 aliphatic carbocycles. The van der Waals surface area contributed by atoms with Crippen LogP contribution in [0.3, 0.4) is 0 Å². The normalized spacial score (nSPS) is 12.4. The minimum absolute atomic E-state index is 0.0441. The molecule has 1 aromatic rings. The topological polar surface area (TPSA) is 72.9 Å². The van der Waals surface area contributed by atoms with E-state index >= 15 is 0 Å². The van der Waals surface area contributed by atoms with Crippen molar-refractivity contribution in [2.45, 2.75) is 39.7 Å². The minimum Gasteiger partial charge on any atom is -0.356 e. The summed E-state index contributed by atoms with van der Waals surface area (Å²) in [5.74, 6) is -0.113. The maximum atomic E-state index is 11.9. The molecule has 5 nitrogen and oxygen atoms in total. The number of nitrogens with one attached hydrogen (secondary N) is 1. The molecule has 1 unspecified atom stereocenters. The predicted molar refractivity (Wildman–Crippen MR) is 72.1 cm³/mol. The quantitative estimate of drug-likeness (QED) is 0.723. The summed E-state index contributed by atoms with van der Waals surface area (Å²) in [6, 6.07) is 0. The molecule has 0 saturated carbocycles. The number of hydrogen-bond acceptors (Lipinski definition) is 3. The molecule has 1 rings (SSSR count). The highest BCUT2D eigenvalue weighted by Crippen LogP contribution is 2.08. The summed E-state index contributed by atoms with van der Waals surface area (Å²) < 4.78 is 1.91. The minimum atomic E-state index is -0.157. The third-order valence-electron chi connectivity index (χ3n) is 2.83. The highest BCUT2D eigenvalue weighted by molar-refractivity contribution is 5.79. The Labute approximate surface area is 109 Å². The van der Waals surface area contributed by atoms with Gasteiger partial charge < -0.3 is 11.1 Å². The van der Waals surface area contributed by atoms with E-state index in [1.807, 2.05) is 24.0 Å². The van der Waals surface area contributed by atoms with Crippen LogP contribution in [-0.2, 0) is 17.8 Å². The largest absolute Gasteiger partial charge is 0.356 e. The zero-order valence-electron chi connectivity index (χ0n) is 11.4. The Morgan fingerprint density at radius 1 is 1.50 bits per heavy atom. The first kappa shape index (κ1) is 14.7. The third kappa shape index (κ3) is 4.49. The second-order valence-electron chi connectivity index (χ2n) is 4.54. The van der Waals surface area contributed by atoms with E-state index in [0.29, 0.717) is 19.5 Å². The van der Waals surface area contributed by atoms with Gasteiger partial charge in [0.15, 0.2) is 0 Å². The van der Waals surface area contributed by atoms with Crippen molar-refractivity contribution in [3.63, 3.8) is 0 Å². The number of carbonyl (C=O) groups excluding carboxylic acids is 1. The molecule has 1 atom stereocenters. The number of aromatic nitrogens is 2. The molecule has 1 amide bonds. The van der Waals surface area contributed by atoms with Crippen LogP contribution >= 0.6 is 0 Å². The standard InChI is InChI=1S/C13H24N4O/c1-3-5-15-13(18)12(8-14)7-11-9-16-17(10-11)6-4-2/h9-10,12H,3-8,14H2,1-2H3,(H,15,18). The highest BCUT2D eigenvalue weighted by Gasteiger charge is 2.17. The van der Waals surface area contributed by atoms with Crippen LogP contribution in [-0.4, -0.2) is 28.8 Å². The van der Waals surface area contributed by atoms with Gasteiger partial charge in [0.2, 0.25) is 5.91 Å². The Morgan fingerprint density at radius 2 is 2.28 bits per heavy atom. The molecule has 0 bridgehead atoms. The van der Waals surface area contributed by atoms with E-state index in [4.69, 9.17) is 5.73 Å². The second-order valence-corrected chi connectivity index (χ2v) is 4.54. The fourth-order valence-corrected chi connectivity index (χ4v) is 1.82. The van der Waals surface area contributed by atoms with Crippen molar-refractivity contribution in [2.75, 3.05) is 13.1 Å². The molecule has 0 spiro atoms. The van der Waals surface area contributed by atoms with Crippen LogP contribution in [0.1, 0.15) is 32.3 Å². The third-order valence-corrected chi connectivity index (χ3v) is 2.83. The van der Waals surface area contributed by atoms with E-state index in [1.54, 1.807) is 0 Å². The van der Waals surface area contributed by atoms with Crippen molar-refractivity contribution in [3.05, 3.63) is 18.0 Å². The molecule has 18 heavy (non-hydrogen) atoms. The summed E-state index contributed by atoms with van der Waals surface area (Å²) in [4.78, 5) is 11.9. The molecule has 0 radical (unpaired) electrons. The van der Waals surface area contributed by atoms with E-state index in [1.165, 1.54) is 0 Å². The van der Waals surface area contributed by atoms with Gasteiger partial charge in [-0.05, 0) is 24.8 Å². The van der Waals surface area contributed by atoms with E-state index < -0.39 is 0 Å². The van der Waals surface area contributed by atoms with Gasteiger partial charge >= 0.3 is 0 Å². The first-order valence-electron chi connectivity index (χ1n) is 6.70. The van der Waals surface area contributed by atoms with E-state index in [0.717, 1.165) is 24.9 Å². The van der Waals surface area contributed by atoms with Gasteiger partial charge in [0, 0.05) is 25.8 Å². The summed E-state index contributed by atoms with van der Waals surface area (Å²) >= 11 is 0. The number of amides is 1. The highest BCUT2D eigenvalue weighted by atomic mass is 16.1. The van der Waals surface area contributed by atoms with Crippen molar-refractivity contribution < 1.29 is 4.79 Å². The first-order valence-corrected chi connectivity index (χ1v) is 6.70. The maximum Gasteiger partial charge on any atom is 0.224 e. The van der Waals surface area contributed by atoms with Gasteiger partial charge in [-0.15, -0.1) is 0 Å². The molecular weight excluding hydrogens is 228 g/mol. The van der Waals surface area contributed by atoms with Crippen molar-refractivity contribution in [1.29, 1.82) is 0 Å². The lowest BCUT2D eigenvalue weighted by Crippen LogP contribution is -2.36. The van der Waals surface area contributed by atoms with Crippen molar-refractivity contribution >= 4 is 5.91 Å². The van der Waals surface area contributed by atoms with Crippen LogP contribution in [0, 0.1) is 5.92 Å². The van der Waals surface area contributed by atoms with Gasteiger partial charge in [-0.2, -0.15) is 5.10 Å². The van der Waals surface area contributed by atoms with Crippen LogP contribution in [0.2, 0.25) is 0 Å². The lowest BCUT2D eigenvalue weighted by molar-refractivity contribution is -0.124. The summed E-state index contributed by atoms with van der Waals surface area (Å²) in [5, 5.41) is 7.15. The van der Waals surface area contributed by atoms with Gasteiger partial charge in [-0.25, -0.2) is 0 Å². The summed E-state index contributed by atoms with van der Waals surface area (Å²) in [7, 11) is 0. The van der Waals surface area contributed by atoms with Gasteiger partial charge in [0.25, 0.3) is 0 Å². The second kappa shape index (κ2) is 7.87. The molecule has 0 fully saturated rings. The number of hydrogen-bond donors (Lipinski definition) is 2. The Balaban J connectivity index is 2.53. The Morgan fingerprint density at radius 3 is 2.89 bits per heavy atom. The number of rotatable bonds is 8. The molecule has 3 N–H and O–H groups in total. The summed E-state index contributed by atoms with van der Waals surface area (Å²) in [5.41, 5.74) is 6.75. The summed E-state index contributed by atoms with van der Waals surface area (Å²) in [6.45, 7) is 6.14. The zero-order valence-corrected chi connectivity index (χ0v) is 11.4. The molecule has 0 aliphatic rings.